The Hall–Kier alpha value is -5.24. The summed E-state index contributed by atoms with van der Waals surface area (Å²) in [4.78, 5) is 52.8. The average Bonchev–Trinajstić information content (AvgIpc) is 3.28. The molecule has 16 heteroatoms. The van der Waals surface area contributed by atoms with E-state index in [2.05, 4.69) is 0 Å². The molecule has 14 nitrogen and oxygen atoms in total. The molecule has 4 aromatic rings. The number of alkyl halides is 1. The lowest BCUT2D eigenvalue weighted by Gasteiger charge is -2.34. The van der Waals surface area contributed by atoms with Crippen LogP contribution in [0.4, 0.5) is 14.0 Å². The van der Waals surface area contributed by atoms with Gasteiger partial charge >= 0.3 is 26.3 Å². The summed E-state index contributed by atoms with van der Waals surface area (Å²) in [6.07, 6.45) is -5.96. The molecule has 48 heavy (non-hydrogen) atoms. The molecule has 0 spiro atoms. The zero-order chi connectivity index (χ0) is 34.1. The summed E-state index contributed by atoms with van der Waals surface area (Å²) >= 11 is 0. The van der Waals surface area contributed by atoms with Gasteiger partial charge in [-0.1, -0.05) is 78.9 Å². The summed E-state index contributed by atoms with van der Waals surface area (Å²) in [5.74, 6) is -3.10. The van der Waals surface area contributed by atoms with Gasteiger partial charge in [-0.15, -0.1) is 0 Å². The number of H-pyrrole nitrogens is 1. The second-order valence-corrected chi connectivity index (χ2v) is 11.6. The van der Waals surface area contributed by atoms with Crippen LogP contribution < -0.4 is 15.8 Å². The predicted molar refractivity (Wildman–Crippen MR) is 165 cm³/mol. The number of ether oxygens (including phenoxy) is 5. The lowest BCUT2D eigenvalue weighted by atomic mass is 9.94. The fraction of sp³-hybridized carbons (Fsp3) is 0.250. The van der Waals surface area contributed by atoms with E-state index in [-0.39, 0.29) is 19.0 Å². The van der Waals surface area contributed by atoms with Crippen molar-refractivity contribution in [3.05, 3.63) is 135 Å². The average molecular weight is 685 g/mol. The number of carbonyl (C=O) groups excluding carboxylic acids is 2. The number of benzene rings is 3. The van der Waals surface area contributed by atoms with Gasteiger partial charge in [0.15, 0.2) is 6.23 Å². The first-order chi connectivity index (χ1) is 23.1. The van der Waals surface area contributed by atoms with Gasteiger partial charge in [-0.3, -0.25) is 18.9 Å². The van der Waals surface area contributed by atoms with Crippen LogP contribution in [0.5, 0.6) is 5.75 Å². The smallest absolute Gasteiger partial charge is 0.429 e. The first-order valence-corrected chi connectivity index (χ1v) is 15.6. The van der Waals surface area contributed by atoms with E-state index in [4.69, 9.17) is 32.7 Å². The number of nitrogens with one attached hydrogen (secondary N) is 1. The minimum atomic E-state index is -3.45. The highest BCUT2D eigenvalue weighted by Gasteiger charge is 2.69. The quantitative estimate of drug-likeness (QED) is 0.156. The summed E-state index contributed by atoms with van der Waals surface area (Å²) in [6, 6.07) is 25.8. The summed E-state index contributed by atoms with van der Waals surface area (Å²) in [5, 5.41) is 0. The molecule has 0 aliphatic carbocycles. The number of halogens is 1. The first-order valence-electron chi connectivity index (χ1n) is 14.4. The van der Waals surface area contributed by atoms with Gasteiger partial charge < -0.3 is 28.2 Å². The highest BCUT2D eigenvalue weighted by Crippen LogP contribution is 2.50. The number of rotatable bonds is 12. The van der Waals surface area contributed by atoms with Gasteiger partial charge in [0.25, 0.3) is 11.4 Å². The van der Waals surface area contributed by atoms with E-state index in [0.717, 1.165) is 19.2 Å². The zero-order valence-electron chi connectivity index (χ0n) is 25.3. The molecule has 0 radical (unpaired) electrons. The van der Waals surface area contributed by atoms with E-state index in [1.54, 1.807) is 78.9 Å². The van der Waals surface area contributed by atoms with Crippen molar-refractivity contribution in [2.24, 2.45) is 0 Å². The fourth-order valence-corrected chi connectivity index (χ4v) is 5.53. The minimum absolute atomic E-state index is 0.158. The second-order valence-electron chi connectivity index (χ2n) is 10.6. The van der Waals surface area contributed by atoms with Crippen LogP contribution in [0.2, 0.25) is 0 Å². The summed E-state index contributed by atoms with van der Waals surface area (Å²) in [7, 11) is -3.45. The Kier molecular flexibility index (Phi) is 10.7. The molecule has 1 aliphatic heterocycles. The molecule has 1 saturated heterocycles. The van der Waals surface area contributed by atoms with Crippen molar-refractivity contribution >= 4 is 20.6 Å². The van der Waals surface area contributed by atoms with Crippen LogP contribution in [-0.2, 0) is 46.0 Å². The van der Waals surface area contributed by atoms with Crippen molar-refractivity contribution in [2.75, 3.05) is 6.61 Å². The lowest BCUT2D eigenvalue weighted by Crippen LogP contribution is -2.54. The van der Waals surface area contributed by atoms with Crippen LogP contribution in [0.1, 0.15) is 24.3 Å². The number of hydrogen-bond donors (Lipinski definition) is 1. The van der Waals surface area contributed by atoms with Crippen LogP contribution in [0.25, 0.3) is 0 Å². The maximum Gasteiger partial charge on any atom is 0.509 e. The Balaban J connectivity index is 1.46. The number of aromatic amines is 1. The molecule has 1 aliphatic rings. The zero-order valence-corrected chi connectivity index (χ0v) is 26.3. The molecule has 5 atom stereocenters. The van der Waals surface area contributed by atoms with Crippen molar-refractivity contribution in [2.45, 2.75) is 43.9 Å². The van der Waals surface area contributed by atoms with Crippen molar-refractivity contribution in [1.82, 2.24) is 9.55 Å². The highest BCUT2D eigenvalue weighted by atomic mass is 31.1. The molecule has 1 N–H and O–H groups in total. The lowest BCUT2D eigenvalue weighted by molar-refractivity contribution is -0.206. The number of aromatic nitrogens is 2. The fourth-order valence-electron chi connectivity index (χ4n) is 4.83. The Morgan fingerprint density at radius 2 is 1.44 bits per heavy atom. The largest absolute Gasteiger partial charge is 0.509 e. The van der Waals surface area contributed by atoms with Gasteiger partial charge in [-0.25, -0.2) is 23.3 Å². The molecule has 0 amide bonds. The number of hydrogen-bond acceptors (Lipinski definition) is 12. The normalized spacial score (nSPS) is 22.3. The third kappa shape index (κ3) is 8.37. The maximum absolute atomic E-state index is 17.1. The Bertz CT molecular complexity index is 1840. The Labute approximate surface area is 272 Å². The summed E-state index contributed by atoms with van der Waals surface area (Å²) in [6.45, 7) is -0.631. The van der Waals surface area contributed by atoms with Crippen molar-refractivity contribution < 1.29 is 51.3 Å². The van der Waals surface area contributed by atoms with E-state index in [0.29, 0.717) is 15.7 Å². The second kappa shape index (κ2) is 15.1. The predicted octanol–water partition coefficient (Wildman–Crippen LogP) is 5.05. The topological polar surface area (TPSA) is 171 Å². The Morgan fingerprint density at radius 3 is 2.02 bits per heavy atom. The Morgan fingerprint density at radius 1 is 0.875 bits per heavy atom. The SMILES string of the molecule is C[C@]1(OC(=O)OCc2ccccc2)[C@H](n2ccc(=O)[nH]c2=O)O[C@](F)(CO[PH](=O)Oc2ccccc2)[C@H]1OC(=O)OCc1ccccc1. The van der Waals surface area contributed by atoms with Crippen LogP contribution in [0.15, 0.2) is 113 Å². The molecule has 2 heterocycles. The van der Waals surface area contributed by atoms with Crippen molar-refractivity contribution in [3.63, 3.8) is 0 Å². The highest BCUT2D eigenvalue weighted by molar-refractivity contribution is 7.33. The van der Waals surface area contributed by atoms with Crippen LogP contribution in [0, 0.1) is 0 Å². The van der Waals surface area contributed by atoms with Crippen LogP contribution in [0.3, 0.4) is 0 Å². The summed E-state index contributed by atoms with van der Waals surface area (Å²) < 4.78 is 67.9. The van der Waals surface area contributed by atoms with Gasteiger partial charge in [-0.05, 0) is 30.2 Å². The van der Waals surface area contributed by atoms with Crippen LogP contribution >= 0.6 is 8.25 Å². The third-order valence-corrected chi connectivity index (χ3v) is 7.84. The van der Waals surface area contributed by atoms with E-state index in [1.165, 1.54) is 12.1 Å². The van der Waals surface area contributed by atoms with Gasteiger partial charge in [0.05, 0.1) is 0 Å². The molecular formula is C32H30FN2O12P. The minimum Gasteiger partial charge on any atom is -0.429 e. The van der Waals surface area contributed by atoms with E-state index < -0.39 is 62.2 Å². The molecule has 1 fully saturated rings. The van der Waals surface area contributed by atoms with Crippen molar-refractivity contribution in [1.29, 1.82) is 0 Å². The maximum atomic E-state index is 17.1. The molecule has 252 valence electrons. The standard InChI is InChI=1S/C32H30FN2O12P/c1-31(46-30(39)42-20-23-13-7-3-8-14-23)26(44-29(38)41-19-22-11-5-2-6-12-22)32(33,21-43-48(40)47-24-15-9-4-10-16-24)45-27(31)35-18-17-25(36)34-28(35)37/h2-18,26-27,48H,19-21H2,1H3,(H,34,36,37)/t26-,27+,31+,32+/m0/s1. The van der Waals surface area contributed by atoms with Gasteiger partial charge in [-0.2, -0.15) is 0 Å². The van der Waals surface area contributed by atoms with Gasteiger partial charge in [0.1, 0.15) is 25.6 Å². The third-order valence-electron chi connectivity index (χ3n) is 7.06. The van der Waals surface area contributed by atoms with Crippen LogP contribution in [-0.4, -0.2) is 46.0 Å². The van der Waals surface area contributed by atoms with Gasteiger partial charge in [0, 0.05) is 12.3 Å². The monoisotopic (exact) mass is 684 g/mol. The molecule has 3 aromatic carbocycles. The van der Waals surface area contributed by atoms with E-state index >= 15 is 4.39 Å². The first kappa shape index (κ1) is 34.1. The number of nitrogens with zero attached hydrogens (tertiary/aromatic N) is 1. The molecule has 1 aromatic heterocycles. The molecule has 0 saturated carbocycles. The molecular weight excluding hydrogens is 654 g/mol. The molecule has 0 bridgehead atoms. The van der Waals surface area contributed by atoms with E-state index in [9.17, 15) is 23.7 Å². The summed E-state index contributed by atoms with van der Waals surface area (Å²) in [5.41, 5.74) is -3.12. The molecule has 5 rings (SSSR count). The number of para-hydroxylation sites is 1. The van der Waals surface area contributed by atoms with Crippen molar-refractivity contribution in [3.8, 4) is 5.75 Å². The van der Waals surface area contributed by atoms with E-state index in [1.807, 2.05) is 4.98 Å². The van der Waals surface area contributed by atoms with Gasteiger partial charge in [0.2, 0.25) is 11.7 Å². The molecule has 1 unspecified atom stereocenters. The number of carbonyl (C=O) groups is 2.